The molecule has 1 atom stereocenters. The molecule has 2 amide bonds. The SMILES string of the molecule is CCCC(N)CC(=O)NC1CCN(C(=O)C2CC2)CC1. The predicted octanol–water partition coefficient (Wildman–Crippen LogP) is 1.02. The van der Waals surface area contributed by atoms with Crippen molar-refractivity contribution in [3.8, 4) is 0 Å². The first-order chi connectivity index (χ1) is 9.60. The average Bonchev–Trinajstić information content (AvgIpc) is 3.23. The summed E-state index contributed by atoms with van der Waals surface area (Å²) in [5, 5.41) is 3.06. The number of carbonyl (C=O) groups excluding carboxylic acids is 2. The Morgan fingerprint density at radius 1 is 1.25 bits per heavy atom. The number of carbonyl (C=O) groups is 2. The van der Waals surface area contributed by atoms with Gasteiger partial charge in [-0.2, -0.15) is 0 Å². The maximum absolute atomic E-state index is 11.9. The zero-order chi connectivity index (χ0) is 14.5. The number of hydrogen-bond donors (Lipinski definition) is 2. The fourth-order valence-electron chi connectivity index (χ4n) is 2.83. The molecule has 1 saturated heterocycles. The van der Waals surface area contributed by atoms with E-state index in [1.807, 2.05) is 4.90 Å². The molecule has 0 aromatic rings. The van der Waals surface area contributed by atoms with Crippen molar-refractivity contribution in [2.24, 2.45) is 11.7 Å². The Bertz CT molecular complexity index is 347. The largest absolute Gasteiger partial charge is 0.353 e. The van der Waals surface area contributed by atoms with Crippen LogP contribution in [0.4, 0.5) is 0 Å². The van der Waals surface area contributed by atoms with Crippen LogP contribution in [0.25, 0.3) is 0 Å². The fourth-order valence-corrected chi connectivity index (χ4v) is 2.83. The first kappa shape index (κ1) is 15.3. The minimum absolute atomic E-state index is 0.0310. The second-order valence-electron chi connectivity index (χ2n) is 6.19. The molecule has 20 heavy (non-hydrogen) atoms. The van der Waals surface area contributed by atoms with E-state index in [4.69, 9.17) is 5.73 Å². The van der Waals surface area contributed by atoms with E-state index in [0.717, 1.165) is 51.6 Å². The highest BCUT2D eigenvalue weighted by Crippen LogP contribution is 2.31. The molecule has 1 saturated carbocycles. The van der Waals surface area contributed by atoms with E-state index in [2.05, 4.69) is 12.2 Å². The summed E-state index contributed by atoms with van der Waals surface area (Å²) in [5.41, 5.74) is 5.88. The molecule has 114 valence electrons. The summed E-state index contributed by atoms with van der Waals surface area (Å²) in [7, 11) is 0. The Morgan fingerprint density at radius 2 is 1.90 bits per heavy atom. The number of hydrogen-bond acceptors (Lipinski definition) is 3. The molecule has 3 N–H and O–H groups in total. The lowest BCUT2D eigenvalue weighted by Gasteiger charge is -2.32. The molecule has 0 spiro atoms. The molecule has 2 fully saturated rings. The summed E-state index contributed by atoms with van der Waals surface area (Å²) in [6.45, 7) is 3.63. The van der Waals surface area contributed by atoms with Crippen LogP contribution in [-0.4, -0.2) is 41.9 Å². The molecule has 1 heterocycles. The lowest BCUT2D eigenvalue weighted by atomic mass is 10.0. The van der Waals surface area contributed by atoms with Crippen molar-refractivity contribution in [1.82, 2.24) is 10.2 Å². The van der Waals surface area contributed by atoms with Crippen molar-refractivity contribution in [2.75, 3.05) is 13.1 Å². The van der Waals surface area contributed by atoms with Crippen LogP contribution in [0.15, 0.2) is 0 Å². The lowest BCUT2D eigenvalue weighted by molar-refractivity contribution is -0.133. The van der Waals surface area contributed by atoms with Crippen molar-refractivity contribution in [1.29, 1.82) is 0 Å². The van der Waals surface area contributed by atoms with Gasteiger partial charge in [-0.1, -0.05) is 13.3 Å². The van der Waals surface area contributed by atoms with Crippen molar-refractivity contribution in [3.63, 3.8) is 0 Å². The van der Waals surface area contributed by atoms with Crippen LogP contribution in [0, 0.1) is 5.92 Å². The average molecular weight is 281 g/mol. The highest BCUT2D eigenvalue weighted by atomic mass is 16.2. The van der Waals surface area contributed by atoms with Gasteiger partial charge < -0.3 is 16.0 Å². The first-order valence-corrected chi connectivity index (χ1v) is 7.94. The van der Waals surface area contributed by atoms with E-state index in [0.29, 0.717) is 18.2 Å². The molecule has 1 aliphatic heterocycles. The summed E-state index contributed by atoms with van der Waals surface area (Å²) in [6, 6.07) is 0.177. The normalized spacial score (nSPS) is 21.6. The second kappa shape index (κ2) is 7.07. The van der Waals surface area contributed by atoms with Gasteiger partial charge in [0.25, 0.3) is 0 Å². The number of piperidine rings is 1. The van der Waals surface area contributed by atoms with Crippen molar-refractivity contribution >= 4 is 11.8 Å². The molecule has 1 unspecified atom stereocenters. The number of nitrogens with one attached hydrogen (secondary N) is 1. The highest BCUT2D eigenvalue weighted by molar-refractivity contribution is 5.81. The highest BCUT2D eigenvalue weighted by Gasteiger charge is 2.35. The van der Waals surface area contributed by atoms with E-state index in [1.165, 1.54) is 0 Å². The number of likely N-dealkylation sites (tertiary alicyclic amines) is 1. The summed E-state index contributed by atoms with van der Waals surface area (Å²) in [4.78, 5) is 25.7. The number of nitrogens with zero attached hydrogens (tertiary/aromatic N) is 1. The lowest BCUT2D eigenvalue weighted by Crippen LogP contribution is -2.47. The van der Waals surface area contributed by atoms with E-state index < -0.39 is 0 Å². The summed E-state index contributed by atoms with van der Waals surface area (Å²) >= 11 is 0. The number of nitrogens with two attached hydrogens (primary N) is 1. The smallest absolute Gasteiger partial charge is 0.225 e. The standard InChI is InChI=1S/C15H27N3O2/c1-2-3-12(16)10-14(19)17-13-6-8-18(9-7-13)15(20)11-4-5-11/h11-13H,2-10,16H2,1H3,(H,17,19). The third-order valence-corrected chi connectivity index (χ3v) is 4.21. The monoisotopic (exact) mass is 281 g/mol. The predicted molar refractivity (Wildman–Crippen MR) is 78.0 cm³/mol. The molecule has 0 aromatic heterocycles. The van der Waals surface area contributed by atoms with Crippen LogP contribution in [-0.2, 0) is 9.59 Å². The van der Waals surface area contributed by atoms with Gasteiger partial charge in [-0.25, -0.2) is 0 Å². The Morgan fingerprint density at radius 3 is 2.45 bits per heavy atom. The minimum Gasteiger partial charge on any atom is -0.353 e. The maximum atomic E-state index is 11.9. The van der Waals surface area contributed by atoms with E-state index in [-0.39, 0.29) is 18.0 Å². The van der Waals surface area contributed by atoms with Crippen molar-refractivity contribution in [3.05, 3.63) is 0 Å². The summed E-state index contributed by atoms with van der Waals surface area (Å²) < 4.78 is 0. The van der Waals surface area contributed by atoms with Crippen LogP contribution in [0.2, 0.25) is 0 Å². The molecule has 2 rings (SSSR count). The molecule has 0 bridgehead atoms. The zero-order valence-corrected chi connectivity index (χ0v) is 12.4. The molecule has 2 aliphatic rings. The quantitative estimate of drug-likeness (QED) is 0.763. The zero-order valence-electron chi connectivity index (χ0n) is 12.4. The van der Waals surface area contributed by atoms with Gasteiger partial charge >= 0.3 is 0 Å². The van der Waals surface area contributed by atoms with Crippen molar-refractivity contribution < 1.29 is 9.59 Å². The third kappa shape index (κ3) is 4.47. The molecule has 5 nitrogen and oxygen atoms in total. The van der Waals surface area contributed by atoms with Crippen LogP contribution < -0.4 is 11.1 Å². The summed E-state index contributed by atoms with van der Waals surface area (Å²) in [5.74, 6) is 0.672. The van der Waals surface area contributed by atoms with Crippen LogP contribution in [0.1, 0.15) is 51.9 Å². The Kier molecular flexibility index (Phi) is 5.40. The van der Waals surface area contributed by atoms with Gasteiger partial charge in [0.15, 0.2) is 0 Å². The Hall–Kier alpha value is -1.10. The van der Waals surface area contributed by atoms with Gasteiger partial charge in [0, 0.05) is 37.5 Å². The van der Waals surface area contributed by atoms with Gasteiger partial charge in [0.05, 0.1) is 0 Å². The number of rotatable bonds is 6. The van der Waals surface area contributed by atoms with Crippen LogP contribution >= 0.6 is 0 Å². The first-order valence-electron chi connectivity index (χ1n) is 7.94. The van der Waals surface area contributed by atoms with Gasteiger partial charge in [0.2, 0.25) is 11.8 Å². The van der Waals surface area contributed by atoms with E-state index in [1.54, 1.807) is 0 Å². The van der Waals surface area contributed by atoms with Crippen LogP contribution in [0.3, 0.4) is 0 Å². The topological polar surface area (TPSA) is 75.4 Å². The van der Waals surface area contributed by atoms with E-state index >= 15 is 0 Å². The molecule has 0 aromatic carbocycles. The minimum atomic E-state index is -0.0310. The number of amides is 2. The van der Waals surface area contributed by atoms with Gasteiger partial charge in [-0.3, -0.25) is 9.59 Å². The Labute approximate surface area is 121 Å². The molecule has 0 radical (unpaired) electrons. The molecule has 5 heteroatoms. The van der Waals surface area contributed by atoms with Crippen molar-refractivity contribution in [2.45, 2.75) is 64.0 Å². The Balaban J connectivity index is 1.66. The summed E-state index contributed by atoms with van der Waals surface area (Å²) in [6.07, 6.45) is 6.17. The third-order valence-electron chi connectivity index (χ3n) is 4.21. The second-order valence-corrected chi connectivity index (χ2v) is 6.19. The molecular weight excluding hydrogens is 254 g/mol. The molecular formula is C15H27N3O2. The maximum Gasteiger partial charge on any atom is 0.225 e. The fraction of sp³-hybridized carbons (Fsp3) is 0.867. The van der Waals surface area contributed by atoms with Gasteiger partial charge in [-0.15, -0.1) is 0 Å². The van der Waals surface area contributed by atoms with Gasteiger partial charge in [-0.05, 0) is 32.1 Å². The van der Waals surface area contributed by atoms with Crippen LogP contribution in [0.5, 0.6) is 0 Å². The molecule has 1 aliphatic carbocycles. The van der Waals surface area contributed by atoms with Gasteiger partial charge in [0.1, 0.15) is 0 Å². The van der Waals surface area contributed by atoms with E-state index in [9.17, 15) is 9.59 Å².